The first-order valence-corrected chi connectivity index (χ1v) is 7.22. The number of carbonyl (C=O) groups is 1. The third kappa shape index (κ3) is 3.51. The molecule has 0 aliphatic rings. The van der Waals surface area contributed by atoms with Crippen LogP contribution in [0.4, 0.5) is 4.39 Å². The molecule has 1 N–H and O–H groups in total. The molecule has 2 rings (SSSR count). The van der Waals surface area contributed by atoms with Crippen molar-refractivity contribution in [2.24, 2.45) is 0 Å². The van der Waals surface area contributed by atoms with E-state index in [4.69, 9.17) is 5.11 Å². The fourth-order valence-electron chi connectivity index (χ4n) is 1.41. The van der Waals surface area contributed by atoms with Gasteiger partial charge < -0.3 is 5.11 Å². The van der Waals surface area contributed by atoms with Crippen LogP contribution in [0.1, 0.15) is 29.5 Å². The maximum Gasteiger partial charge on any atom is 0.335 e. The van der Waals surface area contributed by atoms with Gasteiger partial charge in [0, 0.05) is 6.42 Å². The third-order valence-electron chi connectivity index (χ3n) is 2.30. The number of carboxylic acids is 1. The number of nitrogens with zero attached hydrogens (tertiary/aromatic N) is 2. The summed E-state index contributed by atoms with van der Waals surface area (Å²) in [7, 11) is 0. The van der Waals surface area contributed by atoms with Crippen LogP contribution in [0.25, 0.3) is 0 Å². The van der Waals surface area contributed by atoms with Crippen LogP contribution in [0, 0.1) is 5.82 Å². The van der Waals surface area contributed by atoms with Gasteiger partial charge in [0.15, 0.2) is 4.34 Å². The summed E-state index contributed by atoms with van der Waals surface area (Å²) in [6.45, 7) is 2.03. The van der Waals surface area contributed by atoms with Crippen molar-refractivity contribution in [2.75, 3.05) is 0 Å². The van der Waals surface area contributed by atoms with Crippen molar-refractivity contribution in [1.29, 1.82) is 0 Å². The standard InChI is InChI=1S/C12H11FN2O2S2/c1-2-3-10-14-12(19-15-10)18-9-6-7(11(16)17)4-5-8(9)13/h4-6H,2-3H2,1H3,(H,16,17). The number of aromatic carboxylic acids is 1. The van der Waals surface area contributed by atoms with Crippen molar-refractivity contribution in [3.63, 3.8) is 0 Å². The Morgan fingerprint density at radius 1 is 1.53 bits per heavy atom. The van der Waals surface area contributed by atoms with Gasteiger partial charge in [-0.2, -0.15) is 4.37 Å². The maximum atomic E-state index is 13.6. The summed E-state index contributed by atoms with van der Waals surface area (Å²) in [6, 6.07) is 3.70. The number of carboxylic acid groups (broad SMARTS) is 1. The number of hydrogen-bond donors (Lipinski definition) is 1. The fourth-order valence-corrected chi connectivity index (χ4v) is 3.10. The molecule has 0 saturated heterocycles. The molecule has 0 atom stereocenters. The van der Waals surface area contributed by atoms with Crippen molar-refractivity contribution in [1.82, 2.24) is 9.36 Å². The molecule has 100 valence electrons. The Morgan fingerprint density at radius 3 is 3.00 bits per heavy atom. The summed E-state index contributed by atoms with van der Waals surface area (Å²) in [4.78, 5) is 15.4. The monoisotopic (exact) mass is 298 g/mol. The number of aryl methyl sites for hydroxylation is 1. The highest BCUT2D eigenvalue weighted by Gasteiger charge is 2.12. The molecule has 0 saturated carbocycles. The van der Waals surface area contributed by atoms with Crippen LogP contribution in [0.2, 0.25) is 0 Å². The first-order valence-electron chi connectivity index (χ1n) is 5.63. The van der Waals surface area contributed by atoms with Crippen LogP contribution in [-0.2, 0) is 6.42 Å². The fraction of sp³-hybridized carbons (Fsp3) is 0.250. The molecule has 0 spiro atoms. The molecule has 1 heterocycles. The molecule has 0 radical (unpaired) electrons. The zero-order chi connectivity index (χ0) is 13.8. The Labute approximate surface area is 117 Å². The van der Waals surface area contributed by atoms with E-state index in [2.05, 4.69) is 9.36 Å². The lowest BCUT2D eigenvalue weighted by Crippen LogP contribution is -1.97. The molecule has 2 aromatic rings. The van der Waals surface area contributed by atoms with Crippen LogP contribution >= 0.6 is 23.3 Å². The van der Waals surface area contributed by atoms with E-state index in [1.54, 1.807) is 0 Å². The lowest BCUT2D eigenvalue weighted by atomic mass is 10.2. The summed E-state index contributed by atoms with van der Waals surface area (Å²) in [5.74, 6) is -0.794. The van der Waals surface area contributed by atoms with Crippen molar-refractivity contribution in [3.05, 3.63) is 35.4 Å². The SMILES string of the molecule is CCCc1nsc(Sc2cc(C(=O)O)ccc2F)n1. The lowest BCUT2D eigenvalue weighted by molar-refractivity contribution is 0.0696. The van der Waals surface area contributed by atoms with E-state index in [9.17, 15) is 9.18 Å². The van der Waals surface area contributed by atoms with Crippen LogP contribution in [0.15, 0.2) is 27.4 Å². The molecule has 0 unspecified atom stereocenters. The third-order valence-corrected chi connectivity index (χ3v) is 4.12. The summed E-state index contributed by atoms with van der Waals surface area (Å²) >= 11 is 2.29. The Hall–Kier alpha value is -1.47. The minimum absolute atomic E-state index is 0.0576. The Morgan fingerprint density at radius 2 is 2.32 bits per heavy atom. The number of halogens is 1. The van der Waals surface area contributed by atoms with E-state index in [-0.39, 0.29) is 10.5 Å². The average molecular weight is 298 g/mol. The largest absolute Gasteiger partial charge is 0.478 e. The number of rotatable bonds is 5. The Balaban J connectivity index is 2.21. The van der Waals surface area contributed by atoms with E-state index in [1.807, 2.05) is 6.92 Å². The topological polar surface area (TPSA) is 63.1 Å². The van der Waals surface area contributed by atoms with Crippen LogP contribution in [0.3, 0.4) is 0 Å². The second-order valence-electron chi connectivity index (χ2n) is 3.78. The van der Waals surface area contributed by atoms with Gasteiger partial charge in [-0.25, -0.2) is 14.2 Å². The van der Waals surface area contributed by atoms with E-state index < -0.39 is 11.8 Å². The molecule has 19 heavy (non-hydrogen) atoms. The van der Waals surface area contributed by atoms with Crippen LogP contribution in [-0.4, -0.2) is 20.4 Å². The maximum absolute atomic E-state index is 13.6. The molecule has 1 aromatic heterocycles. The normalized spacial score (nSPS) is 10.6. The highest BCUT2D eigenvalue weighted by Crippen LogP contribution is 2.31. The first-order chi connectivity index (χ1) is 9.10. The zero-order valence-corrected chi connectivity index (χ0v) is 11.7. The second kappa shape index (κ2) is 6.12. The molecule has 0 amide bonds. The Kier molecular flexibility index (Phi) is 4.49. The second-order valence-corrected chi connectivity index (χ2v) is 5.82. The van der Waals surface area contributed by atoms with E-state index in [0.717, 1.165) is 36.5 Å². The van der Waals surface area contributed by atoms with Gasteiger partial charge in [-0.15, -0.1) is 0 Å². The quantitative estimate of drug-likeness (QED) is 0.915. The predicted molar refractivity (Wildman–Crippen MR) is 71.4 cm³/mol. The van der Waals surface area contributed by atoms with Crippen molar-refractivity contribution in [2.45, 2.75) is 29.0 Å². The average Bonchev–Trinajstić information content (AvgIpc) is 2.80. The molecule has 1 aromatic carbocycles. The smallest absolute Gasteiger partial charge is 0.335 e. The highest BCUT2D eigenvalue weighted by atomic mass is 32.2. The van der Waals surface area contributed by atoms with Crippen LogP contribution in [0.5, 0.6) is 0 Å². The lowest BCUT2D eigenvalue weighted by Gasteiger charge is -2.01. The molecular weight excluding hydrogens is 287 g/mol. The van der Waals surface area contributed by atoms with Gasteiger partial charge in [-0.3, -0.25) is 0 Å². The predicted octanol–water partition coefficient (Wildman–Crippen LogP) is 3.48. The van der Waals surface area contributed by atoms with Gasteiger partial charge in [-0.1, -0.05) is 18.7 Å². The summed E-state index contributed by atoms with van der Waals surface area (Å²) in [6.07, 6.45) is 1.73. The molecule has 7 heteroatoms. The number of hydrogen-bond acceptors (Lipinski definition) is 5. The van der Waals surface area contributed by atoms with Crippen molar-refractivity contribution < 1.29 is 14.3 Å². The van der Waals surface area contributed by atoms with E-state index >= 15 is 0 Å². The Bertz CT molecular complexity index is 601. The van der Waals surface area contributed by atoms with Gasteiger partial charge in [0.25, 0.3) is 0 Å². The molecule has 0 aliphatic heterocycles. The first kappa shape index (κ1) is 14.0. The van der Waals surface area contributed by atoms with Gasteiger partial charge in [-0.05, 0) is 36.2 Å². The molecule has 4 nitrogen and oxygen atoms in total. The molecular formula is C12H11FN2O2S2. The number of benzene rings is 1. The molecule has 0 fully saturated rings. The van der Waals surface area contributed by atoms with E-state index in [1.165, 1.54) is 23.7 Å². The van der Waals surface area contributed by atoms with Gasteiger partial charge >= 0.3 is 5.97 Å². The zero-order valence-electron chi connectivity index (χ0n) is 10.1. The van der Waals surface area contributed by atoms with E-state index in [0.29, 0.717) is 4.34 Å². The summed E-state index contributed by atoms with van der Waals surface area (Å²) in [5, 5.41) is 8.88. The molecule has 0 bridgehead atoms. The van der Waals surface area contributed by atoms with Crippen molar-refractivity contribution in [3.8, 4) is 0 Å². The van der Waals surface area contributed by atoms with Gasteiger partial charge in [0.1, 0.15) is 11.6 Å². The highest BCUT2D eigenvalue weighted by molar-refractivity contribution is 8.01. The minimum Gasteiger partial charge on any atom is -0.478 e. The minimum atomic E-state index is -1.08. The van der Waals surface area contributed by atoms with Gasteiger partial charge in [0.2, 0.25) is 0 Å². The van der Waals surface area contributed by atoms with Crippen molar-refractivity contribution >= 4 is 29.3 Å². The summed E-state index contributed by atoms with van der Waals surface area (Å²) in [5.41, 5.74) is 0.0576. The summed E-state index contributed by atoms with van der Waals surface area (Å²) < 4.78 is 18.4. The number of aromatic nitrogens is 2. The van der Waals surface area contributed by atoms with Crippen LogP contribution < -0.4 is 0 Å². The van der Waals surface area contributed by atoms with Gasteiger partial charge in [0.05, 0.1) is 10.5 Å². The molecule has 0 aliphatic carbocycles.